The molecule has 1 N–H and O–H groups in total. The number of aliphatic carboxylic acids is 1. The molecule has 0 aromatic heterocycles. The highest BCUT2D eigenvalue weighted by Crippen LogP contribution is 2.09. The van der Waals surface area contributed by atoms with Gasteiger partial charge in [0, 0.05) is 6.54 Å². The number of hydrogen-bond acceptors (Lipinski definition) is 3. The van der Waals surface area contributed by atoms with Crippen molar-refractivity contribution < 1.29 is 9.90 Å². The monoisotopic (exact) mass is 156 g/mol. The second-order valence-electron chi connectivity index (χ2n) is 2.29. The van der Waals surface area contributed by atoms with Gasteiger partial charge in [0.05, 0.1) is 17.4 Å². The molecule has 1 aliphatic heterocycles. The van der Waals surface area contributed by atoms with E-state index in [-0.39, 0.29) is 12.1 Å². The molecule has 0 aliphatic carbocycles. The van der Waals surface area contributed by atoms with E-state index in [0.29, 0.717) is 13.0 Å². The van der Waals surface area contributed by atoms with Crippen molar-refractivity contribution in [3.63, 3.8) is 0 Å². The van der Waals surface area contributed by atoms with E-state index in [1.807, 2.05) is 0 Å². The van der Waals surface area contributed by atoms with Crippen molar-refractivity contribution in [2.24, 2.45) is 5.29 Å². The van der Waals surface area contributed by atoms with Gasteiger partial charge in [-0.3, -0.25) is 5.01 Å². The van der Waals surface area contributed by atoms with E-state index in [0.717, 1.165) is 0 Å². The third-order valence-electron chi connectivity index (χ3n) is 1.52. The second-order valence-corrected chi connectivity index (χ2v) is 2.29. The molecule has 5 nitrogen and oxygen atoms in total. The molecule has 0 fully saturated rings. The van der Waals surface area contributed by atoms with Gasteiger partial charge in [-0.15, -0.1) is 4.91 Å². The van der Waals surface area contributed by atoms with Crippen LogP contribution in [-0.4, -0.2) is 29.2 Å². The lowest BCUT2D eigenvalue weighted by Gasteiger charge is -2.18. The maximum absolute atomic E-state index is 10.4. The molecule has 0 amide bonds. The first kappa shape index (κ1) is 7.71. The van der Waals surface area contributed by atoms with Crippen LogP contribution in [0.4, 0.5) is 0 Å². The van der Waals surface area contributed by atoms with Crippen LogP contribution in [-0.2, 0) is 4.79 Å². The molecule has 0 aromatic carbocycles. The van der Waals surface area contributed by atoms with Crippen molar-refractivity contribution in [1.29, 1.82) is 0 Å². The van der Waals surface area contributed by atoms with Crippen LogP contribution < -0.4 is 0 Å². The highest BCUT2D eigenvalue weighted by molar-refractivity contribution is 5.87. The quantitative estimate of drug-likeness (QED) is 0.587. The van der Waals surface area contributed by atoms with Gasteiger partial charge in [-0.1, -0.05) is 6.08 Å². The summed E-state index contributed by atoms with van der Waals surface area (Å²) in [5.74, 6) is -0.974. The second kappa shape index (κ2) is 3.14. The standard InChI is InChI=1S/C6H8N2O3/c9-6(10)5-2-1-3-8(4-5)7-11/h2H,1,3-4H2,(H,9,10). The molecule has 1 heterocycles. The predicted molar refractivity (Wildman–Crippen MR) is 37.7 cm³/mol. The van der Waals surface area contributed by atoms with E-state index in [1.165, 1.54) is 5.01 Å². The average molecular weight is 156 g/mol. The van der Waals surface area contributed by atoms with Crippen molar-refractivity contribution in [3.8, 4) is 0 Å². The lowest BCUT2D eigenvalue weighted by atomic mass is 10.1. The fourth-order valence-electron chi connectivity index (χ4n) is 0.953. The molecule has 1 rings (SSSR count). The maximum atomic E-state index is 10.4. The summed E-state index contributed by atoms with van der Waals surface area (Å²) < 4.78 is 0. The summed E-state index contributed by atoms with van der Waals surface area (Å²) in [7, 11) is 0. The molecule has 0 saturated heterocycles. The number of carbonyl (C=O) groups is 1. The van der Waals surface area contributed by atoms with Crippen LogP contribution in [0.3, 0.4) is 0 Å². The molecular formula is C6H8N2O3. The van der Waals surface area contributed by atoms with E-state index in [9.17, 15) is 9.70 Å². The Morgan fingerprint density at radius 2 is 2.45 bits per heavy atom. The first-order valence-corrected chi connectivity index (χ1v) is 3.24. The van der Waals surface area contributed by atoms with Crippen molar-refractivity contribution in [1.82, 2.24) is 5.01 Å². The summed E-state index contributed by atoms with van der Waals surface area (Å²) >= 11 is 0. The lowest BCUT2D eigenvalue weighted by Crippen LogP contribution is -2.27. The van der Waals surface area contributed by atoms with Crippen LogP contribution in [0.2, 0.25) is 0 Å². The van der Waals surface area contributed by atoms with Gasteiger partial charge in [-0.05, 0) is 6.42 Å². The molecule has 0 bridgehead atoms. The Balaban J connectivity index is 2.62. The van der Waals surface area contributed by atoms with E-state index in [4.69, 9.17) is 5.11 Å². The lowest BCUT2D eigenvalue weighted by molar-refractivity contribution is -0.133. The fraction of sp³-hybridized carbons (Fsp3) is 0.500. The Labute approximate surface area is 63.2 Å². The van der Waals surface area contributed by atoms with Crippen molar-refractivity contribution in [2.45, 2.75) is 6.42 Å². The van der Waals surface area contributed by atoms with Crippen LogP contribution in [0.1, 0.15) is 6.42 Å². The van der Waals surface area contributed by atoms with Gasteiger partial charge in [0.2, 0.25) is 0 Å². The first-order chi connectivity index (χ1) is 5.24. The van der Waals surface area contributed by atoms with Gasteiger partial charge in [-0.2, -0.15) is 0 Å². The highest BCUT2D eigenvalue weighted by atomic mass is 16.4. The molecule has 0 radical (unpaired) electrons. The third kappa shape index (κ3) is 1.76. The van der Waals surface area contributed by atoms with Crippen molar-refractivity contribution >= 4 is 5.97 Å². The van der Waals surface area contributed by atoms with Crippen LogP contribution in [0.5, 0.6) is 0 Å². The summed E-state index contributed by atoms with van der Waals surface area (Å²) in [4.78, 5) is 20.4. The number of hydrogen-bond donors (Lipinski definition) is 1. The van der Waals surface area contributed by atoms with E-state index in [2.05, 4.69) is 5.29 Å². The molecule has 5 heteroatoms. The molecule has 0 unspecified atom stereocenters. The Hall–Kier alpha value is -1.39. The summed E-state index contributed by atoms with van der Waals surface area (Å²) in [5, 5.41) is 12.4. The van der Waals surface area contributed by atoms with Crippen LogP contribution in [0.15, 0.2) is 16.9 Å². The zero-order valence-corrected chi connectivity index (χ0v) is 5.86. The predicted octanol–water partition coefficient (Wildman–Crippen LogP) is 0.385. The third-order valence-corrected chi connectivity index (χ3v) is 1.52. The molecule has 0 aromatic rings. The van der Waals surface area contributed by atoms with Crippen molar-refractivity contribution in [3.05, 3.63) is 16.6 Å². The minimum absolute atomic E-state index is 0.124. The van der Waals surface area contributed by atoms with E-state index in [1.54, 1.807) is 6.08 Å². The first-order valence-electron chi connectivity index (χ1n) is 3.24. The number of carboxylic acids is 1. The van der Waals surface area contributed by atoms with Gasteiger partial charge >= 0.3 is 5.97 Å². The van der Waals surface area contributed by atoms with Crippen molar-refractivity contribution in [2.75, 3.05) is 13.1 Å². The number of carboxylic acid groups (broad SMARTS) is 1. The summed E-state index contributed by atoms with van der Waals surface area (Å²) in [6.45, 7) is 0.638. The number of rotatable bonds is 2. The zero-order valence-electron chi connectivity index (χ0n) is 5.86. The fourth-order valence-corrected chi connectivity index (χ4v) is 0.953. The number of nitroso groups, excluding NO2 is 1. The Kier molecular flexibility index (Phi) is 2.20. The van der Waals surface area contributed by atoms with Gasteiger partial charge in [0.15, 0.2) is 0 Å². The summed E-state index contributed by atoms with van der Waals surface area (Å²) in [6, 6.07) is 0. The molecule has 0 atom stereocenters. The van der Waals surface area contributed by atoms with Gasteiger partial charge in [-0.25, -0.2) is 4.79 Å². The largest absolute Gasteiger partial charge is 0.478 e. The van der Waals surface area contributed by atoms with E-state index < -0.39 is 5.97 Å². The Bertz CT molecular complexity index is 212. The molecule has 60 valence electrons. The topological polar surface area (TPSA) is 70.0 Å². The minimum atomic E-state index is -0.974. The Morgan fingerprint density at radius 3 is 3.00 bits per heavy atom. The smallest absolute Gasteiger partial charge is 0.333 e. The minimum Gasteiger partial charge on any atom is -0.478 e. The highest BCUT2D eigenvalue weighted by Gasteiger charge is 2.16. The summed E-state index contributed by atoms with van der Waals surface area (Å²) in [6.07, 6.45) is 2.19. The Morgan fingerprint density at radius 1 is 1.73 bits per heavy atom. The normalized spacial score (nSPS) is 17.5. The molecule has 1 aliphatic rings. The maximum Gasteiger partial charge on any atom is 0.333 e. The SMILES string of the molecule is O=NN1CCC=C(C(=O)O)C1. The molecular weight excluding hydrogens is 148 g/mol. The molecule has 0 saturated carbocycles. The molecule has 0 spiro atoms. The number of nitrogens with zero attached hydrogens (tertiary/aromatic N) is 2. The summed E-state index contributed by atoms with van der Waals surface area (Å²) in [5.41, 5.74) is 0.246. The van der Waals surface area contributed by atoms with E-state index >= 15 is 0 Å². The zero-order chi connectivity index (χ0) is 8.27. The molecule has 11 heavy (non-hydrogen) atoms. The van der Waals surface area contributed by atoms with Gasteiger partial charge in [0.1, 0.15) is 0 Å². The average Bonchev–Trinajstić information content (AvgIpc) is 2.05. The van der Waals surface area contributed by atoms with Crippen LogP contribution in [0.25, 0.3) is 0 Å². The van der Waals surface area contributed by atoms with Crippen LogP contribution in [0, 0.1) is 4.91 Å². The van der Waals surface area contributed by atoms with Gasteiger partial charge in [0.25, 0.3) is 0 Å². The van der Waals surface area contributed by atoms with Gasteiger partial charge < -0.3 is 5.11 Å². The van der Waals surface area contributed by atoms with Crippen LogP contribution >= 0.6 is 0 Å².